The zero-order valence-corrected chi connectivity index (χ0v) is 9.78. The average Bonchev–Trinajstić information content (AvgIpc) is 2.56. The molecular weight excluding hydrogens is 202 g/mol. The molecule has 0 aliphatic carbocycles. The topological polar surface area (TPSA) is 42.6 Å². The second kappa shape index (κ2) is 4.32. The summed E-state index contributed by atoms with van der Waals surface area (Å²) >= 11 is 0. The van der Waals surface area contributed by atoms with Gasteiger partial charge in [0, 0.05) is 14.1 Å². The number of hydrogen-bond donors (Lipinski definition) is 3. The fraction of sp³-hybridized carbons (Fsp3) is 0.273. The van der Waals surface area contributed by atoms with Gasteiger partial charge in [-0.25, -0.2) is 0 Å². The minimum absolute atomic E-state index is 0.953. The highest BCUT2D eigenvalue weighted by Crippen LogP contribution is 2.12. The lowest BCUT2D eigenvalue weighted by atomic mass is 10.3. The summed E-state index contributed by atoms with van der Waals surface area (Å²) in [6, 6.07) is 9.98. The van der Waals surface area contributed by atoms with E-state index in [0.717, 1.165) is 17.2 Å². The van der Waals surface area contributed by atoms with Crippen LogP contribution < -0.4 is 16.3 Å². The fourth-order valence-corrected chi connectivity index (χ4v) is 1.48. The summed E-state index contributed by atoms with van der Waals surface area (Å²) in [5.74, 6) is 0.953. The Morgan fingerprint density at radius 3 is 2.31 bits per heavy atom. The summed E-state index contributed by atoms with van der Waals surface area (Å²) in [5.41, 5.74) is 11.6. The summed E-state index contributed by atoms with van der Waals surface area (Å²) in [6.45, 7) is 2.05. The fourth-order valence-electron chi connectivity index (χ4n) is 1.48. The third-order valence-electron chi connectivity index (χ3n) is 2.68. The summed E-state index contributed by atoms with van der Waals surface area (Å²) < 4.78 is 0. The predicted octanol–water partition coefficient (Wildman–Crippen LogP) is 1.09. The van der Waals surface area contributed by atoms with Crippen LogP contribution in [0.4, 0.5) is 5.69 Å². The van der Waals surface area contributed by atoms with Crippen molar-refractivity contribution >= 4 is 5.69 Å². The van der Waals surface area contributed by atoms with E-state index in [1.165, 1.54) is 0 Å². The maximum absolute atomic E-state index is 3.19. The molecule has 0 aromatic heterocycles. The number of hydrazine groups is 3. The van der Waals surface area contributed by atoms with Gasteiger partial charge in [0.1, 0.15) is 0 Å². The average molecular weight is 219 g/mol. The van der Waals surface area contributed by atoms with E-state index < -0.39 is 0 Å². The van der Waals surface area contributed by atoms with Crippen LogP contribution >= 0.6 is 0 Å². The first kappa shape index (κ1) is 10.6. The van der Waals surface area contributed by atoms with Gasteiger partial charge in [-0.1, -0.05) is 18.2 Å². The molecule has 1 heterocycles. The normalized spacial score (nSPS) is 16.3. The predicted molar refractivity (Wildman–Crippen MR) is 64.6 cm³/mol. The van der Waals surface area contributed by atoms with Crippen LogP contribution in [-0.4, -0.2) is 24.2 Å². The first-order valence-electron chi connectivity index (χ1n) is 5.20. The quantitative estimate of drug-likeness (QED) is 0.664. The van der Waals surface area contributed by atoms with Gasteiger partial charge < -0.3 is 0 Å². The van der Waals surface area contributed by atoms with Crippen LogP contribution in [0.15, 0.2) is 41.8 Å². The lowest BCUT2D eigenvalue weighted by molar-refractivity contribution is 0.0517. The molecule has 0 saturated heterocycles. The van der Waals surface area contributed by atoms with Crippen LogP contribution in [0.3, 0.4) is 0 Å². The third-order valence-corrected chi connectivity index (χ3v) is 2.68. The van der Waals surface area contributed by atoms with Crippen molar-refractivity contribution in [3.63, 3.8) is 0 Å². The van der Waals surface area contributed by atoms with E-state index >= 15 is 0 Å². The smallest absolute Gasteiger partial charge is 0.154 e. The number of allylic oxidation sites excluding steroid dienone is 1. The molecule has 0 radical (unpaired) electrons. The van der Waals surface area contributed by atoms with Gasteiger partial charge in [0.05, 0.1) is 11.4 Å². The van der Waals surface area contributed by atoms with Gasteiger partial charge in [-0.2, -0.15) is 0 Å². The van der Waals surface area contributed by atoms with Crippen LogP contribution in [-0.2, 0) is 0 Å². The van der Waals surface area contributed by atoms with Gasteiger partial charge in [0.25, 0.3) is 0 Å². The number of anilines is 1. The molecule has 0 fully saturated rings. The van der Waals surface area contributed by atoms with Gasteiger partial charge in [-0.15, -0.1) is 5.12 Å². The Morgan fingerprint density at radius 1 is 1.06 bits per heavy atom. The third kappa shape index (κ3) is 2.04. The van der Waals surface area contributed by atoms with Crippen molar-refractivity contribution in [2.45, 2.75) is 6.92 Å². The van der Waals surface area contributed by atoms with Gasteiger partial charge in [-0.3, -0.25) is 21.3 Å². The Morgan fingerprint density at radius 2 is 1.75 bits per heavy atom. The maximum Gasteiger partial charge on any atom is 0.154 e. The molecule has 86 valence electrons. The van der Waals surface area contributed by atoms with E-state index in [0.29, 0.717) is 0 Å². The molecule has 0 atom stereocenters. The number of hydrogen-bond acceptors (Lipinski definition) is 5. The molecule has 1 aliphatic rings. The molecule has 0 saturated carbocycles. The largest absolute Gasteiger partial charge is 0.300 e. The van der Waals surface area contributed by atoms with Crippen molar-refractivity contribution in [1.29, 1.82) is 0 Å². The molecule has 16 heavy (non-hydrogen) atoms. The van der Waals surface area contributed by atoms with Gasteiger partial charge in [-0.05, 0) is 19.1 Å². The number of benzene rings is 1. The molecule has 5 nitrogen and oxygen atoms in total. The zero-order chi connectivity index (χ0) is 11.5. The zero-order valence-electron chi connectivity index (χ0n) is 9.78. The van der Waals surface area contributed by atoms with E-state index in [9.17, 15) is 0 Å². The standard InChI is InChI=1S/C11H17N5/c1-9-11(14-16(3)15(9)2)13-12-10-7-5-4-6-8-10/h4-8,12-14H,1-3H3. The van der Waals surface area contributed by atoms with Crippen molar-refractivity contribution in [1.82, 2.24) is 21.0 Å². The first-order valence-corrected chi connectivity index (χ1v) is 5.20. The van der Waals surface area contributed by atoms with Crippen molar-refractivity contribution in [3.05, 3.63) is 41.8 Å². The Balaban J connectivity index is 1.97. The number of para-hydroxylation sites is 1. The molecule has 1 aliphatic heterocycles. The molecule has 0 amide bonds. The van der Waals surface area contributed by atoms with E-state index in [4.69, 9.17) is 0 Å². The van der Waals surface area contributed by atoms with E-state index in [2.05, 4.69) is 16.3 Å². The van der Waals surface area contributed by atoms with Crippen LogP contribution in [0, 0.1) is 0 Å². The van der Waals surface area contributed by atoms with Gasteiger partial charge in [0.15, 0.2) is 5.82 Å². The van der Waals surface area contributed by atoms with Gasteiger partial charge >= 0.3 is 0 Å². The Kier molecular flexibility index (Phi) is 2.87. The summed E-state index contributed by atoms with van der Waals surface area (Å²) in [5, 5.41) is 3.93. The highest BCUT2D eigenvalue weighted by molar-refractivity contribution is 5.42. The summed E-state index contributed by atoms with van der Waals surface area (Å²) in [6.07, 6.45) is 0. The van der Waals surface area contributed by atoms with E-state index in [1.807, 2.05) is 61.5 Å². The van der Waals surface area contributed by atoms with Crippen LogP contribution in [0.5, 0.6) is 0 Å². The molecule has 0 bridgehead atoms. The number of nitrogens with one attached hydrogen (secondary N) is 3. The second-order valence-corrected chi connectivity index (χ2v) is 3.74. The Hall–Kier alpha value is -1.88. The summed E-state index contributed by atoms with van der Waals surface area (Å²) in [4.78, 5) is 0. The maximum atomic E-state index is 3.19. The van der Waals surface area contributed by atoms with Crippen molar-refractivity contribution in [2.75, 3.05) is 19.5 Å². The van der Waals surface area contributed by atoms with E-state index in [1.54, 1.807) is 0 Å². The molecule has 0 spiro atoms. The molecule has 0 unspecified atom stereocenters. The highest BCUT2D eigenvalue weighted by Gasteiger charge is 2.19. The summed E-state index contributed by atoms with van der Waals surface area (Å²) in [7, 11) is 3.96. The number of rotatable bonds is 3. The minimum Gasteiger partial charge on any atom is -0.300 e. The van der Waals surface area contributed by atoms with Crippen molar-refractivity contribution in [3.8, 4) is 0 Å². The van der Waals surface area contributed by atoms with Crippen LogP contribution in [0.1, 0.15) is 6.92 Å². The van der Waals surface area contributed by atoms with Crippen LogP contribution in [0.25, 0.3) is 0 Å². The minimum atomic E-state index is 0.953. The lowest BCUT2D eigenvalue weighted by Crippen LogP contribution is -2.39. The lowest BCUT2D eigenvalue weighted by Gasteiger charge is -2.21. The van der Waals surface area contributed by atoms with E-state index in [-0.39, 0.29) is 0 Å². The van der Waals surface area contributed by atoms with Crippen molar-refractivity contribution < 1.29 is 0 Å². The highest BCUT2D eigenvalue weighted by atomic mass is 15.8. The molecular formula is C11H17N5. The Bertz CT molecular complexity index is 387. The molecule has 5 heteroatoms. The van der Waals surface area contributed by atoms with Gasteiger partial charge in [0.2, 0.25) is 0 Å². The number of nitrogens with zero attached hydrogens (tertiary/aromatic N) is 2. The SMILES string of the molecule is CC1=C(NNc2ccccc2)NN(C)N1C. The molecule has 3 N–H and O–H groups in total. The monoisotopic (exact) mass is 219 g/mol. The second-order valence-electron chi connectivity index (χ2n) is 3.74. The first-order chi connectivity index (χ1) is 7.68. The van der Waals surface area contributed by atoms with Crippen LogP contribution in [0.2, 0.25) is 0 Å². The molecule has 2 rings (SSSR count). The molecule has 1 aromatic carbocycles. The Labute approximate surface area is 95.6 Å². The van der Waals surface area contributed by atoms with Crippen molar-refractivity contribution in [2.24, 2.45) is 0 Å². The molecule has 1 aromatic rings.